The Labute approximate surface area is 208 Å². The SMILES string of the molecule is O=C(CN1C(=O)[C@@H]2[C@H](C1=O)C1(Br)c3ccccc3C2(Br)c2ccccc21)NC[C@H]1CCCO1. The molecule has 2 aliphatic heterocycles. The van der Waals surface area contributed by atoms with Crippen molar-refractivity contribution >= 4 is 49.6 Å². The molecule has 0 saturated carbocycles. The van der Waals surface area contributed by atoms with Gasteiger partial charge in [0.1, 0.15) is 6.54 Å². The fourth-order valence-electron chi connectivity index (χ4n) is 6.11. The number of benzene rings is 2. The summed E-state index contributed by atoms with van der Waals surface area (Å²) < 4.78 is 3.88. The number of likely N-dealkylation sites (tertiary alicyclic amines) is 1. The third-order valence-corrected chi connectivity index (χ3v) is 10.2. The second-order valence-electron chi connectivity index (χ2n) is 9.17. The molecule has 8 heteroatoms. The quantitative estimate of drug-likeness (QED) is 0.450. The Kier molecular flexibility index (Phi) is 4.88. The standard InChI is InChI=1S/C25H22Br2N2O4/c26-24-15-7-1-2-8-16(15)25(27,18-10-4-3-9-17(18)24)21-20(24)22(31)29(23(21)32)13-19(30)28-12-14-6-5-11-33-14/h1-4,7-10,14,20-21H,5-6,11-13H2,(H,28,30)/t14-,20-,21+,24?,25?/m1/s1. The van der Waals surface area contributed by atoms with Gasteiger partial charge in [0.15, 0.2) is 0 Å². The summed E-state index contributed by atoms with van der Waals surface area (Å²) in [7, 11) is 0. The second-order valence-corrected chi connectivity index (χ2v) is 11.7. The highest BCUT2D eigenvalue weighted by Crippen LogP contribution is 2.70. The number of nitrogens with one attached hydrogen (secondary N) is 1. The van der Waals surface area contributed by atoms with E-state index < -0.39 is 20.5 Å². The summed E-state index contributed by atoms with van der Waals surface area (Å²) in [6.07, 6.45) is 1.88. The summed E-state index contributed by atoms with van der Waals surface area (Å²) in [4.78, 5) is 41.3. The van der Waals surface area contributed by atoms with Crippen LogP contribution in [0.25, 0.3) is 0 Å². The van der Waals surface area contributed by atoms with E-state index >= 15 is 0 Å². The lowest BCUT2D eigenvalue weighted by Gasteiger charge is -2.55. The first-order chi connectivity index (χ1) is 15.9. The average molecular weight is 574 g/mol. The topological polar surface area (TPSA) is 75.7 Å². The lowest BCUT2D eigenvalue weighted by Crippen LogP contribution is -2.56. The molecule has 2 fully saturated rings. The van der Waals surface area contributed by atoms with Gasteiger partial charge in [0.25, 0.3) is 0 Å². The largest absolute Gasteiger partial charge is 0.376 e. The molecule has 2 bridgehead atoms. The molecular weight excluding hydrogens is 552 g/mol. The molecule has 0 aromatic heterocycles. The Balaban J connectivity index is 1.38. The molecular formula is C25H22Br2N2O4. The highest BCUT2D eigenvalue weighted by molar-refractivity contribution is 9.10. The van der Waals surface area contributed by atoms with Crippen molar-refractivity contribution < 1.29 is 19.1 Å². The molecule has 2 heterocycles. The zero-order chi connectivity index (χ0) is 23.0. The Hall–Kier alpha value is -2.03. The number of halogens is 2. The zero-order valence-electron chi connectivity index (χ0n) is 17.7. The Bertz CT molecular complexity index is 1070. The summed E-state index contributed by atoms with van der Waals surface area (Å²) >= 11 is 7.92. The van der Waals surface area contributed by atoms with Gasteiger partial charge in [0.05, 0.1) is 26.6 Å². The minimum absolute atomic E-state index is 0.00187. The molecule has 3 aliphatic carbocycles. The predicted molar refractivity (Wildman–Crippen MR) is 128 cm³/mol. The molecule has 3 amide bonds. The van der Waals surface area contributed by atoms with Crippen molar-refractivity contribution in [3.05, 3.63) is 70.8 Å². The maximum Gasteiger partial charge on any atom is 0.240 e. The molecule has 0 spiro atoms. The number of carbonyl (C=O) groups excluding carboxylic acids is 3. The summed E-state index contributed by atoms with van der Waals surface area (Å²) in [5, 5.41) is 2.83. The van der Waals surface area contributed by atoms with E-state index in [0.29, 0.717) is 13.2 Å². The maximum absolute atomic E-state index is 13.8. The Morgan fingerprint density at radius 2 is 1.42 bits per heavy atom. The molecule has 33 heavy (non-hydrogen) atoms. The van der Waals surface area contributed by atoms with Crippen molar-refractivity contribution in [1.29, 1.82) is 0 Å². The average Bonchev–Trinajstić information content (AvgIpc) is 3.44. The van der Waals surface area contributed by atoms with Gasteiger partial charge in [-0.3, -0.25) is 19.3 Å². The van der Waals surface area contributed by atoms with E-state index in [9.17, 15) is 14.4 Å². The van der Waals surface area contributed by atoms with Crippen molar-refractivity contribution in [2.45, 2.75) is 27.6 Å². The molecule has 0 radical (unpaired) electrons. The molecule has 170 valence electrons. The normalized spacial score (nSPS) is 33.6. The first-order valence-electron chi connectivity index (χ1n) is 11.2. The van der Waals surface area contributed by atoms with E-state index in [0.717, 1.165) is 40.0 Å². The summed E-state index contributed by atoms with van der Waals surface area (Å²) in [6, 6.07) is 15.9. The Morgan fingerprint density at radius 1 is 0.939 bits per heavy atom. The van der Waals surface area contributed by atoms with Crippen LogP contribution in [0.3, 0.4) is 0 Å². The van der Waals surface area contributed by atoms with Crippen LogP contribution in [0.1, 0.15) is 35.1 Å². The van der Waals surface area contributed by atoms with E-state index in [4.69, 9.17) is 4.74 Å². The number of ether oxygens (including phenoxy) is 1. The molecule has 3 atom stereocenters. The smallest absolute Gasteiger partial charge is 0.240 e. The minimum Gasteiger partial charge on any atom is -0.376 e. The molecule has 0 unspecified atom stereocenters. The lowest BCUT2D eigenvalue weighted by molar-refractivity contribution is -0.143. The number of alkyl halides is 2. The molecule has 7 rings (SSSR count). The van der Waals surface area contributed by atoms with Gasteiger partial charge in [0.2, 0.25) is 17.7 Å². The van der Waals surface area contributed by atoms with Crippen LogP contribution in [0.2, 0.25) is 0 Å². The van der Waals surface area contributed by atoms with Crippen molar-refractivity contribution in [2.24, 2.45) is 11.8 Å². The monoisotopic (exact) mass is 572 g/mol. The van der Waals surface area contributed by atoms with Gasteiger partial charge < -0.3 is 10.1 Å². The molecule has 1 N–H and O–H groups in total. The van der Waals surface area contributed by atoms with E-state index in [2.05, 4.69) is 37.2 Å². The molecule has 2 aromatic carbocycles. The fourth-order valence-corrected chi connectivity index (χ4v) is 8.42. The third kappa shape index (κ3) is 2.77. The Morgan fingerprint density at radius 3 is 1.85 bits per heavy atom. The van der Waals surface area contributed by atoms with Gasteiger partial charge in [0, 0.05) is 13.2 Å². The van der Waals surface area contributed by atoms with Gasteiger partial charge in [-0.25, -0.2) is 0 Å². The van der Waals surface area contributed by atoms with Crippen LogP contribution in [-0.2, 0) is 27.8 Å². The molecule has 5 aliphatic rings. The number of amides is 3. The van der Waals surface area contributed by atoms with Gasteiger partial charge in [-0.15, -0.1) is 0 Å². The van der Waals surface area contributed by atoms with Gasteiger partial charge >= 0.3 is 0 Å². The van der Waals surface area contributed by atoms with Crippen LogP contribution >= 0.6 is 31.9 Å². The van der Waals surface area contributed by atoms with Crippen LogP contribution in [0.4, 0.5) is 0 Å². The van der Waals surface area contributed by atoms with Crippen LogP contribution < -0.4 is 5.32 Å². The van der Waals surface area contributed by atoms with Crippen LogP contribution in [0, 0.1) is 11.8 Å². The minimum atomic E-state index is -0.837. The number of imide groups is 1. The summed E-state index contributed by atoms with van der Waals surface area (Å²) in [5.41, 5.74) is 3.92. The van der Waals surface area contributed by atoms with Crippen molar-refractivity contribution in [3.63, 3.8) is 0 Å². The van der Waals surface area contributed by atoms with Gasteiger partial charge in [-0.1, -0.05) is 80.4 Å². The van der Waals surface area contributed by atoms with Crippen LogP contribution in [0.15, 0.2) is 48.5 Å². The van der Waals surface area contributed by atoms with E-state index in [-0.39, 0.29) is 30.4 Å². The van der Waals surface area contributed by atoms with Crippen LogP contribution in [-0.4, -0.2) is 48.4 Å². The summed E-state index contributed by atoms with van der Waals surface area (Å²) in [5.74, 6) is -2.29. The third-order valence-electron chi connectivity index (χ3n) is 7.53. The predicted octanol–water partition coefficient (Wildman–Crippen LogP) is 3.19. The number of hydrogen-bond donors (Lipinski definition) is 1. The van der Waals surface area contributed by atoms with E-state index in [1.165, 1.54) is 0 Å². The van der Waals surface area contributed by atoms with E-state index in [1.807, 2.05) is 48.5 Å². The van der Waals surface area contributed by atoms with E-state index in [1.54, 1.807) is 0 Å². The van der Waals surface area contributed by atoms with Gasteiger partial charge in [-0.2, -0.15) is 0 Å². The number of nitrogens with zero attached hydrogens (tertiary/aromatic N) is 1. The summed E-state index contributed by atoms with van der Waals surface area (Å²) in [6.45, 7) is 0.814. The zero-order valence-corrected chi connectivity index (χ0v) is 20.9. The first kappa shape index (κ1) is 21.5. The molecule has 6 nitrogen and oxygen atoms in total. The fraction of sp³-hybridized carbons (Fsp3) is 0.400. The second kappa shape index (κ2) is 7.48. The van der Waals surface area contributed by atoms with Gasteiger partial charge in [-0.05, 0) is 35.1 Å². The number of carbonyl (C=O) groups is 3. The van der Waals surface area contributed by atoms with Crippen molar-refractivity contribution in [2.75, 3.05) is 19.7 Å². The van der Waals surface area contributed by atoms with Crippen LogP contribution in [0.5, 0.6) is 0 Å². The first-order valence-corrected chi connectivity index (χ1v) is 12.8. The highest BCUT2D eigenvalue weighted by Gasteiger charge is 2.72. The number of hydrogen-bond acceptors (Lipinski definition) is 4. The number of rotatable bonds is 4. The van der Waals surface area contributed by atoms with Crippen molar-refractivity contribution in [1.82, 2.24) is 10.2 Å². The lowest BCUT2D eigenvalue weighted by atomic mass is 9.54. The van der Waals surface area contributed by atoms with Crippen molar-refractivity contribution in [3.8, 4) is 0 Å². The molecule has 2 aromatic rings. The highest BCUT2D eigenvalue weighted by atomic mass is 79.9. The maximum atomic E-state index is 13.8. The molecule has 2 saturated heterocycles.